The largest absolute Gasteiger partial charge is 0.298 e. The van der Waals surface area contributed by atoms with Crippen LogP contribution >= 0.6 is 0 Å². The van der Waals surface area contributed by atoms with Crippen molar-refractivity contribution in [2.45, 2.75) is 19.4 Å². The van der Waals surface area contributed by atoms with E-state index < -0.39 is 5.41 Å². The number of hydrogen-bond acceptors (Lipinski definition) is 3. The second-order valence-corrected chi connectivity index (χ2v) is 6.86. The molecule has 2 fully saturated rings. The highest BCUT2D eigenvalue weighted by Gasteiger charge is 2.50. The van der Waals surface area contributed by atoms with Crippen LogP contribution in [0, 0.1) is 5.41 Å². The summed E-state index contributed by atoms with van der Waals surface area (Å²) in [6, 6.07) is 18.9. The van der Waals surface area contributed by atoms with Crippen molar-refractivity contribution in [1.82, 2.24) is 10.2 Å². The van der Waals surface area contributed by atoms with Crippen LogP contribution in [-0.2, 0) is 16.1 Å². The summed E-state index contributed by atoms with van der Waals surface area (Å²) in [5.41, 5.74) is 3.15. The Kier molecular flexibility index (Phi) is 3.69. The second-order valence-electron chi connectivity index (χ2n) is 6.86. The monoisotopic (exact) mass is 320 g/mol. The molecule has 2 aromatic rings. The van der Waals surface area contributed by atoms with Gasteiger partial charge < -0.3 is 0 Å². The Hall–Kier alpha value is -2.46. The second kappa shape index (κ2) is 5.87. The van der Waals surface area contributed by atoms with E-state index in [9.17, 15) is 9.59 Å². The average Bonchev–Trinajstić information content (AvgIpc) is 3.11. The lowest BCUT2D eigenvalue weighted by molar-refractivity contribution is -0.128. The van der Waals surface area contributed by atoms with E-state index >= 15 is 0 Å². The molecule has 0 unspecified atom stereocenters. The fraction of sp³-hybridized carbons (Fsp3) is 0.300. The van der Waals surface area contributed by atoms with Crippen LogP contribution in [-0.4, -0.2) is 29.8 Å². The smallest absolute Gasteiger partial charge is 0.234 e. The van der Waals surface area contributed by atoms with Gasteiger partial charge in [-0.05, 0) is 35.7 Å². The maximum absolute atomic E-state index is 12.1. The molecule has 4 heteroatoms. The molecule has 4 rings (SSSR count). The van der Waals surface area contributed by atoms with Crippen molar-refractivity contribution in [2.75, 3.05) is 13.1 Å². The molecule has 24 heavy (non-hydrogen) atoms. The first-order chi connectivity index (χ1) is 11.6. The zero-order valence-electron chi connectivity index (χ0n) is 13.5. The molecule has 0 radical (unpaired) electrons. The van der Waals surface area contributed by atoms with E-state index in [1.54, 1.807) is 0 Å². The van der Waals surface area contributed by atoms with E-state index in [2.05, 4.69) is 46.6 Å². The van der Waals surface area contributed by atoms with Gasteiger partial charge in [-0.3, -0.25) is 19.8 Å². The Morgan fingerprint density at radius 1 is 1.00 bits per heavy atom. The van der Waals surface area contributed by atoms with E-state index in [0.717, 1.165) is 19.5 Å². The van der Waals surface area contributed by atoms with Gasteiger partial charge in [0.15, 0.2) is 0 Å². The first-order valence-electron chi connectivity index (χ1n) is 8.36. The van der Waals surface area contributed by atoms with Gasteiger partial charge >= 0.3 is 0 Å². The highest BCUT2D eigenvalue weighted by atomic mass is 16.2. The van der Waals surface area contributed by atoms with Gasteiger partial charge in [-0.2, -0.15) is 0 Å². The summed E-state index contributed by atoms with van der Waals surface area (Å²) in [5, 5.41) is 2.46. The molecule has 2 aliphatic rings. The third kappa shape index (κ3) is 2.74. The van der Waals surface area contributed by atoms with Crippen molar-refractivity contribution in [3.8, 4) is 11.1 Å². The molecule has 2 aliphatic heterocycles. The maximum Gasteiger partial charge on any atom is 0.234 e. The van der Waals surface area contributed by atoms with Crippen molar-refractivity contribution in [3.05, 3.63) is 60.2 Å². The Balaban J connectivity index is 1.49. The van der Waals surface area contributed by atoms with E-state index in [0.29, 0.717) is 13.0 Å². The molecule has 2 saturated heterocycles. The Bertz CT molecular complexity index is 787. The van der Waals surface area contributed by atoms with Crippen molar-refractivity contribution in [2.24, 2.45) is 5.41 Å². The van der Waals surface area contributed by atoms with Crippen LogP contribution in [0.5, 0.6) is 0 Å². The number of nitrogens with one attached hydrogen (secondary N) is 1. The predicted octanol–water partition coefficient (Wildman–Crippen LogP) is 2.59. The summed E-state index contributed by atoms with van der Waals surface area (Å²) < 4.78 is 0. The normalized spacial score (nSPS) is 23.8. The average molecular weight is 320 g/mol. The van der Waals surface area contributed by atoms with Gasteiger partial charge in [-0.1, -0.05) is 48.5 Å². The molecule has 1 N–H and O–H groups in total. The fourth-order valence-corrected chi connectivity index (χ4v) is 3.85. The van der Waals surface area contributed by atoms with Crippen molar-refractivity contribution < 1.29 is 9.59 Å². The standard InChI is InChI=1S/C20H20N2O2/c23-18-12-20(19(24)21-18)9-10-22(14-20)13-15-5-4-8-17(11-15)16-6-2-1-3-7-16/h1-8,11H,9-10,12-14H2,(H,21,23,24)/t20-/m1/s1. The number of benzene rings is 2. The zero-order valence-corrected chi connectivity index (χ0v) is 13.5. The minimum absolute atomic E-state index is 0.0898. The third-order valence-electron chi connectivity index (χ3n) is 5.11. The third-order valence-corrected chi connectivity index (χ3v) is 5.11. The van der Waals surface area contributed by atoms with Crippen molar-refractivity contribution in [3.63, 3.8) is 0 Å². The van der Waals surface area contributed by atoms with Gasteiger partial charge in [-0.25, -0.2) is 0 Å². The summed E-state index contributed by atoms with van der Waals surface area (Å²) in [6.07, 6.45) is 1.11. The molecule has 0 saturated carbocycles. The topological polar surface area (TPSA) is 49.4 Å². The molecule has 0 aromatic heterocycles. The van der Waals surface area contributed by atoms with Crippen LogP contribution in [0.4, 0.5) is 0 Å². The predicted molar refractivity (Wildman–Crippen MR) is 92.0 cm³/mol. The first kappa shape index (κ1) is 15.1. The Morgan fingerprint density at radius 2 is 1.79 bits per heavy atom. The Labute approximate surface area is 141 Å². The molecule has 2 aromatic carbocycles. The van der Waals surface area contributed by atoms with Gasteiger partial charge in [0.05, 0.1) is 5.41 Å². The molecule has 1 spiro atoms. The first-order valence-corrected chi connectivity index (χ1v) is 8.36. The zero-order chi connectivity index (χ0) is 16.6. The van der Waals surface area contributed by atoms with Gasteiger partial charge in [-0.15, -0.1) is 0 Å². The lowest BCUT2D eigenvalue weighted by Crippen LogP contribution is -2.34. The number of likely N-dealkylation sites (tertiary alicyclic amines) is 1. The highest BCUT2D eigenvalue weighted by molar-refractivity contribution is 6.06. The summed E-state index contributed by atoms with van der Waals surface area (Å²) in [4.78, 5) is 25.9. The minimum Gasteiger partial charge on any atom is -0.298 e. The number of imide groups is 1. The number of carbonyl (C=O) groups is 2. The summed E-state index contributed by atoms with van der Waals surface area (Å²) in [6.45, 7) is 2.33. The molecule has 4 nitrogen and oxygen atoms in total. The fourth-order valence-electron chi connectivity index (χ4n) is 3.85. The van der Waals surface area contributed by atoms with E-state index in [-0.39, 0.29) is 11.8 Å². The summed E-state index contributed by atoms with van der Waals surface area (Å²) in [5.74, 6) is -0.221. The van der Waals surface area contributed by atoms with Gasteiger partial charge in [0.1, 0.15) is 0 Å². The summed E-state index contributed by atoms with van der Waals surface area (Å²) >= 11 is 0. The van der Waals surface area contributed by atoms with E-state index in [1.807, 2.05) is 18.2 Å². The molecule has 0 bridgehead atoms. The van der Waals surface area contributed by atoms with Crippen LogP contribution < -0.4 is 5.32 Å². The van der Waals surface area contributed by atoms with Gasteiger partial charge in [0.25, 0.3) is 0 Å². The number of nitrogens with zero attached hydrogens (tertiary/aromatic N) is 1. The molecule has 122 valence electrons. The van der Waals surface area contributed by atoms with Crippen LogP contribution in [0.1, 0.15) is 18.4 Å². The van der Waals surface area contributed by atoms with Crippen LogP contribution in [0.15, 0.2) is 54.6 Å². The van der Waals surface area contributed by atoms with Gasteiger partial charge in [0.2, 0.25) is 11.8 Å². The van der Waals surface area contributed by atoms with E-state index in [4.69, 9.17) is 0 Å². The number of hydrogen-bond donors (Lipinski definition) is 1. The summed E-state index contributed by atoms with van der Waals surface area (Å²) in [7, 11) is 0. The number of rotatable bonds is 3. The quantitative estimate of drug-likeness (QED) is 0.885. The number of amides is 2. The van der Waals surface area contributed by atoms with Crippen molar-refractivity contribution >= 4 is 11.8 Å². The number of carbonyl (C=O) groups excluding carboxylic acids is 2. The van der Waals surface area contributed by atoms with E-state index in [1.165, 1.54) is 16.7 Å². The molecule has 1 atom stereocenters. The lowest BCUT2D eigenvalue weighted by atomic mass is 9.85. The van der Waals surface area contributed by atoms with Crippen LogP contribution in [0.2, 0.25) is 0 Å². The van der Waals surface area contributed by atoms with Gasteiger partial charge in [0, 0.05) is 19.5 Å². The molecule has 0 aliphatic carbocycles. The minimum atomic E-state index is -0.492. The highest BCUT2D eigenvalue weighted by Crippen LogP contribution is 2.38. The van der Waals surface area contributed by atoms with Crippen molar-refractivity contribution in [1.29, 1.82) is 0 Å². The van der Waals surface area contributed by atoms with Crippen LogP contribution in [0.25, 0.3) is 11.1 Å². The maximum atomic E-state index is 12.1. The Morgan fingerprint density at radius 3 is 2.54 bits per heavy atom. The molecular weight excluding hydrogens is 300 g/mol. The van der Waals surface area contributed by atoms with Crippen LogP contribution in [0.3, 0.4) is 0 Å². The SMILES string of the molecule is O=C1C[C@@]2(CCN(Cc3cccc(-c4ccccc4)c3)C2)C(=O)N1. The molecule has 2 heterocycles. The molecule has 2 amide bonds. The lowest BCUT2D eigenvalue weighted by Gasteiger charge is -2.20. The molecular formula is C20H20N2O2.